The maximum Gasteiger partial charge on any atom is 0.265 e. The van der Waals surface area contributed by atoms with E-state index in [9.17, 15) is 18.4 Å². The molecule has 0 atom stereocenters. The Hall–Kier alpha value is -1.58. The first-order chi connectivity index (χ1) is 13.8. The third-order valence-electron chi connectivity index (χ3n) is 5.48. The monoisotopic (exact) mass is 470 g/mol. The van der Waals surface area contributed by atoms with Crippen molar-refractivity contribution in [2.24, 2.45) is 0 Å². The van der Waals surface area contributed by atoms with E-state index in [0.29, 0.717) is 13.1 Å². The fourth-order valence-corrected chi connectivity index (χ4v) is 6.45. The summed E-state index contributed by atoms with van der Waals surface area (Å²) in [6, 6.07) is 16.7. The Labute approximate surface area is 188 Å². The van der Waals surface area contributed by atoms with Gasteiger partial charge in [0.05, 0.1) is 4.90 Å². The zero-order valence-corrected chi connectivity index (χ0v) is 19.4. The van der Waals surface area contributed by atoms with E-state index in [1.165, 1.54) is 11.8 Å². The lowest BCUT2D eigenvalue weighted by molar-refractivity contribution is -0.133. The first kappa shape index (κ1) is 24.7. The summed E-state index contributed by atoms with van der Waals surface area (Å²) in [5, 5.41) is 9.26. The van der Waals surface area contributed by atoms with Crippen molar-refractivity contribution in [2.75, 3.05) is 13.1 Å². The number of carbonyl (C=O) groups excluding carboxylic acids is 1. The Kier molecular flexibility index (Phi) is 8.35. The SMILES string of the molecule is CC(C)N1CCC(C(=O)NO)(S(=O)(=O)c2ccc(Sc3ccccc3)cc2)CC1.Cl. The number of rotatable bonds is 6. The molecule has 1 aliphatic heterocycles. The maximum absolute atomic E-state index is 13.5. The molecule has 9 heteroatoms. The van der Waals surface area contributed by atoms with Gasteiger partial charge in [-0.05, 0) is 63.1 Å². The smallest absolute Gasteiger partial charge is 0.265 e. The van der Waals surface area contributed by atoms with Crippen LogP contribution in [0.3, 0.4) is 0 Å². The van der Waals surface area contributed by atoms with Crippen LogP contribution in [-0.4, -0.2) is 48.3 Å². The molecule has 1 aliphatic rings. The zero-order chi connectivity index (χ0) is 21.1. The number of hydrogen-bond donors (Lipinski definition) is 2. The number of nitrogens with zero attached hydrogens (tertiary/aromatic N) is 1. The molecule has 0 aromatic heterocycles. The highest BCUT2D eigenvalue weighted by atomic mass is 35.5. The minimum Gasteiger partial charge on any atom is -0.301 e. The third-order valence-corrected chi connectivity index (χ3v) is 9.01. The van der Waals surface area contributed by atoms with Gasteiger partial charge in [0, 0.05) is 28.9 Å². The van der Waals surface area contributed by atoms with Crippen LogP contribution in [0, 0.1) is 0 Å². The normalized spacial score (nSPS) is 16.7. The molecule has 6 nitrogen and oxygen atoms in total. The van der Waals surface area contributed by atoms with Gasteiger partial charge in [-0.25, -0.2) is 13.9 Å². The molecule has 2 aromatic rings. The molecule has 0 bridgehead atoms. The quantitative estimate of drug-likeness (QED) is 0.493. The average Bonchev–Trinajstić information content (AvgIpc) is 2.74. The fourth-order valence-electron chi connectivity index (χ4n) is 3.66. The van der Waals surface area contributed by atoms with E-state index in [1.807, 2.05) is 44.2 Å². The maximum atomic E-state index is 13.5. The Bertz CT molecular complexity index is 943. The standard InChI is InChI=1S/C21H26N2O4S2.ClH/c1-16(2)23-14-12-21(13-15-23,20(24)22-25)29(26,27)19-10-8-18(9-11-19)28-17-6-4-3-5-7-17;/h3-11,16,25H,12-15H2,1-2H3,(H,22,24);1H. The number of likely N-dealkylation sites (tertiary alicyclic amines) is 1. The summed E-state index contributed by atoms with van der Waals surface area (Å²) < 4.78 is 25.3. The van der Waals surface area contributed by atoms with Crippen LogP contribution >= 0.6 is 24.2 Å². The second-order valence-electron chi connectivity index (χ2n) is 7.45. The van der Waals surface area contributed by atoms with Crippen LogP contribution in [0.5, 0.6) is 0 Å². The molecular formula is C21H27ClN2O4S2. The summed E-state index contributed by atoms with van der Waals surface area (Å²) >= 11 is 1.54. The van der Waals surface area contributed by atoms with Crippen molar-refractivity contribution < 1.29 is 18.4 Å². The van der Waals surface area contributed by atoms with E-state index in [0.717, 1.165) is 9.79 Å². The lowest BCUT2D eigenvalue weighted by Crippen LogP contribution is -2.58. The molecule has 1 fully saturated rings. The second kappa shape index (κ2) is 10.2. The van der Waals surface area contributed by atoms with E-state index in [1.54, 1.807) is 29.7 Å². The molecule has 0 spiro atoms. The van der Waals surface area contributed by atoms with Gasteiger partial charge in [0.15, 0.2) is 14.6 Å². The van der Waals surface area contributed by atoms with E-state index < -0.39 is 20.5 Å². The molecule has 0 saturated carbocycles. The highest BCUT2D eigenvalue weighted by Crippen LogP contribution is 2.37. The molecule has 164 valence electrons. The topological polar surface area (TPSA) is 86.7 Å². The number of hydrogen-bond acceptors (Lipinski definition) is 6. The van der Waals surface area contributed by atoms with Crippen molar-refractivity contribution in [2.45, 2.75) is 52.2 Å². The number of benzene rings is 2. The first-order valence-corrected chi connectivity index (χ1v) is 11.9. The van der Waals surface area contributed by atoms with Crippen LogP contribution in [-0.2, 0) is 14.6 Å². The van der Waals surface area contributed by atoms with Gasteiger partial charge in [-0.15, -0.1) is 12.4 Å². The highest BCUT2D eigenvalue weighted by Gasteiger charge is 2.53. The Balaban J connectivity index is 0.00000320. The van der Waals surface area contributed by atoms with Crippen LogP contribution in [0.1, 0.15) is 26.7 Å². The van der Waals surface area contributed by atoms with Crippen molar-refractivity contribution in [1.82, 2.24) is 10.4 Å². The van der Waals surface area contributed by atoms with Crippen molar-refractivity contribution in [1.29, 1.82) is 0 Å². The van der Waals surface area contributed by atoms with E-state index >= 15 is 0 Å². The molecule has 1 amide bonds. The Morgan fingerprint density at radius 1 is 1.03 bits per heavy atom. The minimum atomic E-state index is -3.98. The van der Waals surface area contributed by atoms with Gasteiger partial charge in [0.1, 0.15) is 0 Å². The fraction of sp³-hybridized carbons (Fsp3) is 0.381. The van der Waals surface area contributed by atoms with E-state index in [4.69, 9.17) is 0 Å². The van der Waals surface area contributed by atoms with E-state index in [2.05, 4.69) is 4.90 Å². The predicted octanol–water partition coefficient (Wildman–Crippen LogP) is 3.78. The average molecular weight is 471 g/mol. The number of piperidine rings is 1. The summed E-state index contributed by atoms with van der Waals surface area (Å²) in [7, 11) is -3.98. The van der Waals surface area contributed by atoms with Gasteiger partial charge in [-0.3, -0.25) is 10.0 Å². The number of sulfone groups is 1. The Morgan fingerprint density at radius 3 is 2.07 bits per heavy atom. The van der Waals surface area contributed by atoms with E-state index in [-0.39, 0.29) is 36.2 Å². The van der Waals surface area contributed by atoms with Crippen LogP contribution in [0.25, 0.3) is 0 Å². The molecule has 0 aliphatic carbocycles. The van der Waals surface area contributed by atoms with Crippen molar-refractivity contribution >= 4 is 39.9 Å². The molecular weight excluding hydrogens is 444 g/mol. The molecule has 30 heavy (non-hydrogen) atoms. The minimum absolute atomic E-state index is 0. The van der Waals surface area contributed by atoms with Gasteiger partial charge in [-0.2, -0.15) is 0 Å². The van der Waals surface area contributed by atoms with Crippen molar-refractivity contribution in [3.63, 3.8) is 0 Å². The van der Waals surface area contributed by atoms with Gasteiger partial charge in [0.25, 0.3) is 5.91 Å². The summed E-state index contributed by atoms with van der Waals surface area (Å²) in [4.78, 5) is 16.7. The summed E-state index contributed by atoms with van der Waals surface area (Å²) in [5.41, 5.74) is 1.60. The molecule has 2 N–H and O–H groups in total. The van der Waals surface area contributed by atoms with Crippen LogP contribution in [0.4, 0.5) is 0 Å². The molecule has 0 unspecified atom stereocenters. The number of carbonyl (C=O) groups is 1. The Morgan fingerprint density at radius 2 is 1.57 bits per heavy atom. The summed E-state index contributed by atoms with van der Waals surface area (Å²) in [6.07, 6.45) is 0.279. The number of halogens is 1. The van der Waals surface area contributed by atoms with Crippen LogP contribution < -0.4 is 5.48 Å². The van der Waals surface area contributed by atoms with Crippen molar-refractivity contribution in [3.05, 3.63) is 54.6 Å². The highest BCUT2D eigenvalue weighted by molar-refractivity contribution is 7.99. The zero-order valence-electron chi connectivity index (χ0n) is 16.9. The number of amides is 1. The van der Waals surface area contributed by atoms with Crippen LogP contribution in [0.2, 0.25) is 0 Å². The van der Waals surface area contributed by atoms with Crippen LogP contribution in [0.15, 0.2) is 69.3 Å². The van der Waals surface area contributed by atoms with Gasteiger partial charge >= 0.3 is 0 Å². The predicted molar refractivity (Wildman–Crippen MR) is 120 cm³/mol. The largest absolute Gasteiger partial charge is 0.301 e. The molecule has 1 saturated heterocycles. The molecule has 2 aromatic carbocycles. The van der Waals surface area contributed by atoms with Crippen molar-refractivity contribution in [3.8, 4) is 0 Å². The second-order valence-corrected chi connectivity index (χ2v) is 10.9. The van der Waals surface area contributed by atoms with Gasteiger partial charge < -0.3 is 4.90 Å². The number of hydroxylamine groups is 1. The van der Waals surface area contributed by atoms with Gasteiger partial charge in [-0.1, -0.05) is 30.0 Å². The summed E-state index contributed by atoms with van der Waals surface area (Å²) in [6.45, 7) is 5.03. The molecule has 3 rings (SSSR count). The lowest BCUT2D eigenvalue weighted by atomic mass is 9.94. The lowest BCUT2D eigenvalue weighted by Gasteiger charge is -2.40. The summed E-state index contributed by atoms with van der Waals surface area (Å²) in [5.74, 6) is -0.858. The molecule has 1 heterocycles. The van der Waals surface area contributed by atoms with Gasteiger partial charge in [0.2, 0.25) is 0 Å². The third kappa shape index (κ3) is 4.84. The first-order valence-electron chi connectivity index (χ1n) is 9.56. The molecule has 0 radical (unpaired) electrons. The number of nitrogens with one attached hydrogen (secondary N) is 1.